The molecule has 0 aromatic carbocycles. The Hall–Kier alpha value is 0.310. The molecule has 0 N–H and O–H groups in total. The normalized spacial score (nSPS) is 33.5. The van der Waals surface area contributed by atoms with Crippen molar-refractivity contribution in [3.63, 3.8) is 0 Å². The molecule has 1 atom stereocenters. The Morgan fingerprint density at radius 2 is 1.75 bits per heavy atom. The molecule has 0 aliphatic carbocycles. The van der Waals surface area contributed by atoms with Crippen molar-refractivity contribution >= 4 is 11.8 Å². The molecule has 2 aliphatic heterocycles. The van der Waals surface area contributed by atoms with Gasteiger partial charge in [-0.3, -0.25) is 4.90 Å². The fourth-order valence-electron chi connectivity index (χ4n) is 2.22. The van der Waals surface area contributed by atoms with E-state index >= 15 is 0 Å². The lowest BCUT2D eigenvalue weighted by Gasteiger charge is -2.36. The number of hydrogen-bond donors (Lipinski definition) is 0. The van der Waals surface area contributed by atoms with Gasteiger partial charge in [0.05, 0.1) is 5.37 Å². The van der Waals surface area contributed by atoms with Crippen molar-refractivity contribution in [2.45, 2.75) is 43.9 Å². The number of hydrogen-bond acceptors (Lipinski definition) is 2. The summed E-state index contributed by atoms with van der Waals surface area (Å²) in [4.78, 5) is 2.72. The molecule has 1 nitrogen and oxygen atoms in total. The van der Waals surface area contributed by atoms with Gasteiger partial charge in [0.25, 0.3) is 0 Å². The van der Waals surface area contributed by atoms with Crippen LogP contribution in [0.2, 0.25) is 0 Å². The molecule has 2 aliphatic rings. The molecular formula is C10H19NS. The Morgan fingerprint density at radius 3 is 2.42 bits per heavy atom. The van der Waals surface area contributed by atoms with E-state index in [0.29, 0.717) is 0 Å². The van der Waals surface area contributed by atoms with Gasteiger partial charge < -0.3 is 0 Å². The number of nitrogens with zero attached hydrogens (tertiary/aromatic N) is 1. The van der Waals surface area contributed by atoms with E-state index in [2.05, 4.69) is 16.7 Å². The third-order valence-corrected chi connectivity index (χ3v) is 4.40. The number of likely N-dealkylation sites (tertiary alicyclic amines) is 1. The van der Waals surface area contributed by atoms with E-state index in [9.17, 15) is 0 Å². The highest BCUT2D eigenvalue weighted by Crippen LogP contribution is 2.29. The van der Waals surface area contributed by atoms with Crippen LogP contribution in [0.4, 0.5) is 0 Å². The van der Waals surface area contributed by atoms with E-state index in [1.807, 2.05) is 0 Å². The van der Waals surface area contributed by atoms with Gasteiger partial charge in [-0.15, -0.1) is 11.8 Å². The van der Waals surface area contributed by atoms with Crippen LogP contribution in [-0.4, -0.2) is 29.1 Å². The zero-order valence-electron chi connectivity index (χ0n) is 7.80. The van der Waals surface area contributed by atoms with Gasteiger partial charge in [-0.1, -0.05) is 12.8 Å². The molecule has 0 bridgehead atoms. The summed E-state index contributed by atoms with van der Waals surface area (Å²) in [6.45, 7) is 2.75. The summed E-state index contributed by atoms with van der Waals surface area (Å²) >= 11 is 2.20. The Morgan fingerprint density at radius 1 is 0.917 bits per heavy atom. The summed E-state index contributed by atoms with van der Waals surface area (Å²) in [6, 6.07) is 0. The second-order valence-electron chi connectivity index (χ2n) is 3.92. The molecule has 0 aromatic rings. The van der Waals surface area contributed by atoms with E-state index in [0.717, 1.165) is 5.37 Å². The molecule has 0 aromatic heterocycles. The first kappa shape index (κ1) is 8.89. The monoisotopic (exact) mass is 185 g/mol. The summed E-state index contributed by atoms with van der Waals surface area (Å²) in [5.74, 6) is 1.40. The van der Waals surface area contributed by atoms with Crippen molar-refractivity contribution in [1.82, 2.24) is 4.90 Å². The van der Waals surface area contributed by atoms with Crippen molar-refractivity contribution < 1.29 is 0 Å². The molecule has 0 amide bonds. The lowest BCUT2D eigenvalue weighted by molar-refractivity contribution is 0.202. The van der Waals surface area contributed by atoms with Gasteiger partial charge in [0.1, 0.15) is 0 Å². The Kier molecular flexibility index (Phi) is 3.35. The largest absolute Gasteiger partial charge is 0.291 e. The molecule has 0 radical (unpaired) electrons. The molecule has 2 heterocycles. The molecule has 0 spiro atoms. The second kappa shape index (κ2) is 4.52. The average Bonchev–Trinajstić information content (AvgIpc) is 2.21. The fourth-order valence-corrected chi connectivity index (χ4v) is 3.62. The quantitative estimate of drug-likeness (QED) is 0.618. The zero-order valence-corrected chi connectivity index (χ0v) is 8.61. The third kappa shape index (κ3) is 2.17. The predicted molar refractivity (Wildman–Crippen MR) is 55.5 cm³/mol. The van der Waals surface area contributed by atoms with E-state index in [1.165, 1.54) is 57.4 Å². The van der Waals surface area contributed by atoms with Crippen molar-refractivity contribution in [3.05, 3.63) is 0 Å². The summed E-state index contributed by atoms with van der Waals surface area (Å²) in [7, 11) is 0. The number of thioether (sulfide) groups is 1. The first-order valence-corrected chi connectivity index (χ1v) is 6.37. The Bertz CT molecular complexity index is 110. The molecule has 2 fully saturated rings. The van der Waals surface area contributed by atoms with E-state index < -0.39 is 0 Å². The van der Waals surface area contributed by atoms with Gasteiger partial charge >= 0.3 is 0 Å². The maximum atomic E-state index is 2.72. The topological polar surface area (TPSA) is 3.24 Å². The highest BCUT2D eigenvalue weighted by Gasteiger charge is 2.22. The van der Waals surface area contributed by atoms with Crippen LogP contribution in [0.25, 0.3) is 0 Å². The lowest BCUT2D eigenvalue weighted by atomic mass is 10.1. The highest BCUT2D eigenvalue weighted by atomic mass is 32.2. The molecule has 0 saturated carbocycles. The minimum atomic E-state index is 0.888. The van der Waals surface area contributed by atoms with Crippen LogP contribution in [0.1, 0.15) is 38.5 Å². The SMILES string of the molecule is C1CCN(C2CCCCS2)CC1. The van der Waals surface area contributed by atoms with Gasteiger partial charge in [0.15, 0.2) is 0 Å². The van der Waals surface area contributed by atoms with E-state index in [1.54, 1.807) is 0 Å². The van der Waals surface area contributed by atoms with Gasteiger partial charge in [0.2, 0.25) is 0 Å². The third-order valence-electron chi connectivity index (χ3n) is 2.95. The van der Waals surface area contributed by atoms with Crippen LogP contribution in [0.15, 0.2) is 0 Å². The average molecular weight is 185 g/mol. The molecular weight excluding hydrogens is 166 g/mol. The standard InChI is InChI=1S/C10H19NS/c1-3-7-11(8-4-1)10-6-2-5-9-12-10/h10H,1-9H2. The van der Waals surface area contributed by atoms with Gasteiger partial charge in [0, 0.05) is 0 Å². The van der Waals surface area contributed by atoms with Crippen LogP contribution in [0, 0.1) is 0 Å². The summed E-state index contributed by atoms with van der Waals surface area (Å²) < 4.78 is 0. The van der Waals surface area contributed by atoms with E-state index in [-0.39, 0.29) is 0 Å². The summed E-state index contributed by atoms with van der Waals surface area (Å²) in [6.07, 6.45) is 8.72. The van der Waals surface area contributed by atoms with Gasteiger partial charge in [-0.25, -0.2) is 0 Å². The van der Waals surface area contributed by atoms with Gasteiger partial charge in [-0.05, 0) is 44.5 Å². The van der Waals surface area contributed by atoms with Crippen molar-refractivity contribution in [2.24, 2.45) is 0 Å². The zero-order chi connectivity index (χ0) is 8.23. The molecule has 12 heavy (non-hydrogen) atoms. The maximum absolute atomic E-state index is 2.72. The molecule has 2 heteroatoms. The Labute approximate surface area is 79.9 Å². The Balaban J connectivity index is 1.80. The van der Waals surface area contributed by atoms with E-state index in [4.69, 9.17) is 0 Å². The minimum absolute atomic E-state index is 0.888. The van der Waals surface area contributed by atoms with Crippen molar-refractivity contribution in [3.8, 4) is 0 Å². The molecule has 2 rings (SSSR count). The van der Waals surface area contributed by atoms with Crippen LogP contribution in [0.3, 0.4) is 0 Å². The first-order chi connectivity index (χ1) is 5.97. The van der Waals surface area contributed by atoms with Gasteiger partial charge in [-0.2, -0.15) is 0 Å². The smallest absolute Gasteiger partial charge is 0.0557 e. The van der Waals surface area contributed by atoms with Crippen molar-refractivity contribution in [1.29, 1.82) is 0 Å². The van der Waals surface area contributed by atoms with Crippen LogP contribution in [-0.2, 0) is 0 Å². The minimum Gasteiger partial charge on any atom is -0.291 e. The van der Waals surface area contributed by atoms with Crippen molar-refractivity contribution in [2.75, 3.05) is 18.8 Å². The summed E-state index contributed by atoms with van der Waals surface area (Å²) in [5, 5.41) is 0.888. The van der Waals surface area contributed by atoms with Crippen LogP contribution >= 0.6 is 11.8 Å². The molecule has 2 saturated heterocycles. The second-order valence-corrected chi connectivity index (χ2v) is 5.20. The fraction of sp³-hybridized carbons (Fsp3) is 1.00. The number of piperidine rings is 1. The van der Waals surface area contributed by atoms with Crippen LogP contribution < -0.4 is 0 Å². The first-order valence-electron chi connectivity index (χ1n) is 5.32. The molecule has 1 unspecified atom stereocenters. The number of rotatable bonds is 1. The maximum Gasteiger partial charge on any atom is 0.0557 e. The lowest BCUT2D eigenvalue weighted by Crippen LogP contribution is -2.38. The molecule has 70 valence electrons. The summed E-state index contributed by atoms with van der Waals surface area (Å²) in [5.41, 5.74) is 0. The highest BCUT2D eigenvalue weighted by molar-refractivity contribution is 7.99. The van der Waals surface area contributed by atoms with Crippen LogP contribution in [0.5, 0.6) is 0 Å². The predicted octanol–water partition coefficient (Wildman–Crippen LogP) is 2.72.